The lowest BCUT2D eigenvalue weighted by atomic mass is 10.2. The summed E-state index contributed by atoms with van der Waals surface area (Å²) in [6.45, 7) is 0.858. The summed E-state index contributed by atoms with van der Waals surface area (Å²) in [4.78, 5) is 14.3. The molecule has 0 aliphatic rings. The molecule has 0 aromatic carbocycles. The highest BCUT2D eigenvalue weighted by Crippen LogP contribution is 2.24. The first-order valence-electron chi connectivity index (χ1n) is 4.29. The Labute approximate surface area is 89.2 Å². The number of nitrogens with zero attached hydrogens (tertiary/aromatic N) is 1. The minimum atomic E-state index is -4.47. The van der Waals surface area contributed by atoms with Crippen molar-refractivity contribution >= 4 is 5.91 Å². The van der Waals surface area contributed by atoms with Crippen LogP contribution < -0.4 is 10.5 Å². The minimum absolute atomic E-state index is 0.00752. The van der Waals surface area contributed by atoms with E-state index in [1.54, 1.807) is 0 Å². The maximum absolute atomic E-state index is 12.2. The topological polar surface area (TPSA) is 65.2 Å². The fourth-order valence-corrected chi connectivity index (χ4v) is 0.889. The van der Waals surface area contributed by atoms with Crippen molar-refractivity contribution in [2.45, 2.75) is 19.2 Å². The number of amides is 1. The third kappa shape index (κ3) is 3.11. The van der Waals surface area contributed by atoms with Gasteiger partial charge >= 0.3 is 6.18 Å². The summed E-state index contributed by atoms with van der Waals surface area (Å²) in [6, 6.07) is 1.11. The van der Waals surface area contributed by atoms with E-state index in [1.165, 1.54) is 0 Å². The highest BCUT2D eigenvalue weighted by atomic mass is 19.4. The molecule has 0 saturated carbocycles. The third-order valence-electron chi connectivity index (χ3n) is 1.77. The third-order valence-corrected chi connectivity index (χ3v) is 1.77. The average molecular weight is 234 g/mol. The van der Waals surface area contributed by atoms with Crippen molar-refractivity contribution in [3.63, 3.8) is 0 Å². The molecule has 1 aromatic heterocycles. The van der Waals surface area contributed by atoms with Crippen molar-refractivity contribution in [3.8, 4) is 5.75 Å². The van der Waals surface area contributed by atoms with E-state index in [9.17, 15) is 18.0 Å². The molecule has 0 radical (unpaired) electrons. The van der Waals surface area contributed by atoms with Crippen LogP contribution in [0.1, 0.15) is 17.3 Å². The Morgan fingerprint density at radius 3 is 2.62 bits per heavy atom. The number of alkyl halides is 3. The first-order chi connectivity index (χ1) is 7.30. The van der Waals surface area contributed by atoms with E-state index in [0.717, 1.165) is 25.4 Å². The second kappa shape index (κ2) is 4.38. The zero-order valence-electron chi connectivity index (χ0n) is 8.28. The fourth-order valence-electron chi connectivity index (χ4n) is 0.889. The summed E-state index contributed by atoms with van der Waals surface area (Å²) in [6.07, 6.45) is -4.22. The summed E-state index contributed by atoms with van der Waals surface area (Å²) >= 11 is 0. The second-order valence-corrected chi connectivity index (χ2v) is 3.08. The molecule has 88 valence electrons. The maximum atomic E-state index is 12.2. The number of carbonyl (C=O) groups excluding carboxylic acids is 1. The van der Waals surface area contributed by atoms with Gasteiger partial charge in [0.2, 0.25) is 5.91 Å². The molecular formula is C9H9F3N2O2. The predicted molar refractivity (Wildman–Crippen MR) is 48.9 cm³/mol. The number of hydrogen-bond donors (Lipinski definition) is 1. The number of hydrogen-bond acceptors (Lipinski definition) is 3. The molecule has 1 unspecified atom stereocenters. The minimum Gasteiger partial charge on any atom is -0.480 e. The summed E-state index contributed by atoms with van der Waals surface area (Å²) in [5.74, 6) is -0.932. The molecule has 2 N–H and O–H groups in total. The lowest BCUT2D eigenvalue weighted by Crippen LogP contribution is -2.31. The molecule has 0 saturated heterocycles. The second-order valence-electron chi connectivity index (χ2n) is 3.08. The molecule has 1 heterocycles. The van der Waals surface area contributed by atoms with Crippen molar-refractivity contribution in [1.82, 2.24) is 4.98 Å². The summed E-state index contributed by atoms with van der Waals surface area (Å²) in [7, 11) is 0. The molecule has 0 bridgehead atoms. The Hall–Kier alpha value is -1.79. The number of ether oxygens (including phenoxy) is 1. The summed E-state index contributed by atoms with van der Waals surface area (Å²) in [5.41, 5.74) is 4.94. The predicted octanol–water partition coefficient (Wildman–Crippen LogP) is 1.51. The van der Waals surface area contributed by atoms with Crippen LogP contribution in [0.2, 0.25) is 0 Å². The number of rotatable bonds is 3. The molecule has 1 aromatic rings. The lowest BCUT2D eigenvalue weighted by Gasteiger charge is -2.17. The molecule has 1 atom stereocenters. The Morgan fingerprint density at radius 1 is 1.50 bits per heavy atom. The SMILES string of the molecule is CC(Oc1cncc(C(N)=O)c1)C(F)(F)F. The fraction of sp³-hybridized carbons (Fsp3) is 0.333. The van der Waals surface area contributed by atoms with Gasteiger partial charge in [0, 0.05) is 6.20 Å². The maximum Gasteiger partial charge on any atom is 0.425 e. The van der Waals surface area contributed by atoms with Gasteiger partial charge in [-0.1, -0.05) is 0 Å². The van der Waals surface area contributed by atoms with E-state index < -0.39 is 18.2 Å². The molecule has 1 amide bonds. The highest BCUT2D eigenvalue weighted by molar-refractivity contribution is 5.92. The van der Waals surface area contributed by atoms with Crippen molar-refractivity contribution < 1.29 is 22.7 Å². The van der Waals surface area contributed by atoms with Crippen LogP contribution in [-0.2, 0) is 0 Å². The van der Waals surface area contributed by atoms with Crippen LogP contribution in [0.15, 0.2) is 18.5 Å². The van der Waals surface area contributed by atoms with Gasteiger partial charge in [-0.3, -0.25) is 9.78 Å². The number of aromatic nitrogens is 1. The monoisotopic (exact) mass is 234 g/mol. The van der Waals surface area contributed by atoms with Gasteiger partial charge in [-0.25, -0.2) is 0 Å². The van der Waals surface area contributed by atoms with Crippen LogP contribution in [-0.4, -0.2) is 23.2 Å². The van der Waals surface area contributed by atoms with Crippen molar-refractivity contribution in [1.29, 1.82) is 0 Å². The molecule has 0 fully saturated rings. The van der Waals surface area contributed by atoms with Crippen molar-refractivity contribution in [2.75, 3.05) is 0 Å². The Bertz CT molecular complexity index is 393. The Morgan fingerprint density at radius 2 is 2.12 bits per heavy atom. The summed E-state index contributed by atoms with van der Waals surface area (Å²) in [5, 5.41) is 0. The van der Waals surface area contributed by atoms with Gasteiger partial charge in [0.15, 0.2) is 6.10 Å². The van der Waals surface area contributed by atoms with E-state index in [0.29, 0.717) is 0 Å². The largest absolute Gasteiger partial charge is 0.480 e. The zero-order valence-corrected chi connectivity index (χ0v) is 8.28. The molecule has 0 aliphatic carbocycles. The molecular weight excluding hydrogens is 225 g/mol. The number of nitrogens with two attached hydrogens (primary N) is 1. The molecule has 16 heavy (non-hydrogen) atoms. The standard InChI is InChI=1S/C9H9F3N2O2/c1-5(9(10,11)12)16-7-2-6(8(13)15)3-14-4-7/h2-5H,1H3,(H2,13,15). The number of halogens is 3. The molecule has 1 rings (SSSR count). The highest BCUT2D eigenvalue weighted by Gasteiger charge is 2.38. The summed E-state index contributed by atoms with van der Waals surface area (Å²) < 4.78 is 41.0. The van der Waals surface area contributed by atoms with Crippen LogP contribution in [0.3, 0.4) is 0 Å². The smallest absolute Gasteiger partial charge is 0.425 e. The van der Waals surface area contributed by atoms with Gasteiger partial charge in [0.1, 0.15) is 5.75 Å². The average Bonchev–Trinajstić information content (AvgIpc) is 2.16. The van der Waals surface area contributed by atoms with Crippen LogP contribution in [0.25, 0.3) is 0 Å². The first-order valence-corrected chi connectivity index (χ1v) is 4.29. The number of pyridine rings is 1. The Balaban J connectivity index is 2.82. The molecule has 0 spiro atoms. The van der Waals surface area contributed by atoms with Gasteiger partial charge < -0.3 is 10.5 Å². The van der Waals surface area contributed by atoms with Gasteiger partial charge in [-0.2, -0.15) is 13.2 Å². The van der Waals surface area contributed by atoms with Gasteiger partial charge in [-0.15, -0.1) is 0 Å². The zero-order chi connectivity index (χ0) is 12.3. The first kappa shape index (κ1) is 12.3. The number of carbonyl (C=O) groups is 1. The van der Waals surface area contributed by atoms with Gasteiger partial charge in [0.05, 0.1) is 11.8 Å². The van der Waals surface area contributed by atoms with E-state index in [1.807, 2.05) is 0 Å². The van der Waals surface area contributed by atoms with Gasteiger partial charge in [0.25, 0.3) is 0 Å². The van der Waals surface area contributed by atoms with Crippen LogP contribution in [0.4, 0.5) is 13.2 Å². The van der Waals surface area contributed by atoms with Gasteiger partial charge in [-0.05, 0) is 13.0 Å². The van der Waals surface area contributed by atoms with Crippen LogP contribution in [0, 0.1) is 0 Å². The van der Waals surface area contributed by atoms with Crippen LogP contribution >= 0.6 is 0 Å². The molecule has 0 aliphatic heterocycles. The van der Waals surface area contributed by atoms with E-state index in [2.05, 4.69) is 9.72 Å². The van der Waals surface area contributed by atoms with Crippen molar-refractivity contribution in [3.05, 3.63) is 24.0 Å². The van der Waals surface area contributed by atoms with E-state index >= 15 is 0 Å². The van der Waals surface area contributed by atoms with E-state index in [-0.39, 0.29) is 11.3 Å². The normalized spacial score (nSPS) is 13.2. The number of primary amides is 1. The molecule has 7 heteroatoms. The quantitative estimate of drug-likeness (QED) is 0.862. The Kier molecular flexibility index (Phi) is 3.36. The van der Waals surface area contributed by atoms with Crippen molar-refractivity contribution in [2.24, 2.45) is 5.73 Å². The molecule has 4 nitrogen and oxygen atoms in total. The lowest BCUT2D eigenvalue weighted by molar-refractivity contribution is -0.189. The van der Waals surface area contributed by atoms with E-state index in [4.69, 9.17) is 5.73 Å². The van der Waals surface area contributed by atoms with Crippen LogP contribution in [0.5, 0.6) is 5.75 Å².